The van der Waals surface area contributed by atoms with Crippen molar-refractivity contribution in [2.45, 2.75) is 25.8 Å². The van der Waals surface area contributed by atoms with Crippen molar-refractivity contribution in [2.75, 3.05) is 40.5 Å². The van der Waals surface area contributed by atoms with Gasteiger partial charge in [0.2, 0.25) is 0 Å². The summed E-state index contributed by atoms with van der Waals surface area (Å²) in [6, 6.07) is 9.29. The summed E-state index contributed by atoms with van der Waals surface area (Å²) < 4.78 is 10.7. The molecular formula is C25H29N5O2. The highest BCUT2D eigenvalue weighted by Crippen LogP contribution is 2.24. The van der Waals surface area contributed by atoms with Gasteiger partial charge in [0.05, 0.1) is 38.2 Å². The second-order valence-electron chi connectivity index (χ2n) is 7.83. The molecule has 1 aromatic rings. The van der Waals surface area contributed by atoms with Crippen molar-refractivity contribution in [1.82, 2.24) is 20.4 Å². The van der Waals surface area contributed by atoms with E-state index in [1.54, 1.807) is 14.2 Å². The number of allylic oxidation sites excluding steroid dienone is 1. The van der Waals surface area contributed by atoms with Crippen LogP contribution in [-0.4, -0.2) is 62.6 Å². The number of aliphatic imine (C=N–C) groups is 1. The minimum atomic E-state index is 0.333. The van der Waals surface area contributed by atoms with Crippen LogP contribution in [0, 0.1) is 23.8 Å². The lowest BCUT2D eigenvalue weighted by Crippen LogP contribution is -2.50. The molecule has 32 heavy (non-hydrogen) atoms. The van der Waals surface area contributed by atoms with Crippen molar-refractivity contribution in [1.29, 1.82) is 0 Å². The number of methoxy groups -OCH3 is 2. The SMILES string of the molecule is CC#CCN1CCC[C@H](NC2=C3C=NC=C3NCN2C#Cc2cc(OC)cc(OC)c2)C1. The Morgan fingerprint density at radius 2 is 2.03 bits per heavy atom. The highest BCUT2D eigenvalue weighted by Gasteiger charge is 2.27. The van der Waals surface area contributed by atoms with Gasteiger partial charge in [-0.1, -0.05) is 5.92 Å². The molecule has 0 aliphatic carbocycles. The van der Waals surface area contributed by atoms with E-state index in [0.717, 1.165) is 55.1 Å². The average molecular weight is 432 g/mol. The molecule has 1 aromatic carbocycles. The van der Waals surface area contributed by atoms with Crippen LogP contribution in [0.5, 0.6) is 11.5 Å². The third-order valence-electron chi connectivity index (χ3n) is 5.66. The number of hydrogen-bond donors (Lipinski definition) is 2. The second-order valence-corrected chi connectivity index (χ2v) is 7.83. The van der Waals surface area contributed by atoms with Gasteiger partial charge in [-0.25, -0.2) is 0 Å². The Balaban J connectivity index is 1.57. The van der Waals surface area contributed by atoms with Crippen LogP contribution in [-0.2, 0) is 0 Å². The Morgan fingerprint density at radius 3 is 2.78 bits per heavy atom. The molecular weight excluding hydrogens is 402 g/mol. The maximum absolute atomic E-state index is 5.37. The lowest BCUT2D eigenvalue weighted by atomic mass is 10.0. The van der Waals surface area contributed by atoms with Crippen LogP contribution in [0.25, 0.3) is 0 Å². The maximum atomic E-state index is 5.37. The molecule has 166 valence electrons. The largest absolute Gasteiger partial charge is 0.497 e. The minimum absolute atomic E-state index is 0.333. The fourth-order valence-electron chi connectivity index (χ4n) is 4.01. The molecule has 1 saturated heterocycles. The van der Waals surface area contributed by atoms with Gasteiger partial charge in [0.15, 0.2) is 0 Å². The van der Waals surface area contributed by atoms with E-state index >= 15 is 0 Å². The molecule has 1 atom stereocenters. The van der Waals surface area contributed by atoms with Crippen molar-refractivity contribution < 1.29 is 9.47 Å². The van der Waals surface area contributed by atoms with E-state index in [0.29, 0.717) is 24.2 Å². The van der Waals surface area contributed by atoms with Crippen molar-refractivity contribution in [3.05, 3.63) is 47.1 Å². The molecule has 3 aliphatic heterocycles. The molecule has 7 heteroatoms. The first-order valence-electron chi connectivity index (χ1n) is 10.8. The Kier molecular flexibility index (Phi) is 6.89. The van der Waals surface area contributed by atoms with Gasteiger partial charge in [-0.15, -0.1) is 5.92 Å². The smallest absolute Gasteiger partial charge is 0.126 e. The van der Waals surface area contributed by atoms with Crippen LogP contribution in [0.2, 0.25) is 0 Å². The van der Waals surface area contributed by atoms with E-state index in [4.69, 9.17) is 9.47 Å². The van der Waals surface area contributed by atoms with E-state index < -0.39 is 0 Å². The third-order valence-corrected chi connectivity index (χ3v) is 5.66. The van der Waals surface area contributed by atoms with Gasteiger partial charge in [-0.2, -0.15) is 0 Å². The fraction of sp³-hybridized carbons (Fsp3) is 0.400. The van der Waals surface area contributed by atoms with Crippen molar-refractivity contribution in [2.24, 2.45) is 4.99 Å². The van der Waals surface area contributed by atoms with Gasteiger partial charge in [-0.05, 0) is 44.4 Å². The Hall–Kier alpha value is -3.55. The number of ether oxygens (including phenoxy) is 2. The summed E-state index contributed by atoms with van der Waals surface area (Å²) in [6.07, 6.45) is 6.01. The normalized spacial score (nSPS) is 19.7. The van der Waals surface area contributed by atoms with Gasteiger partial charge >= 0.3 is 0 Å². The maximum Gasteiger partial charge on any atom is 0.126 e. The first-order valence-corrected chi connectivity index (χ1v) is 10.8. The zero-order valence-corrected chi connectivity index (χ0v) is 18.9. The molecule has 0 spiro atoms. The van der Waals surface area contributed by atoms with Crippen LogP contribution >= 0.6 is 0 Å². The van der Waals surface area contributed by atoms with Gasteiger partial charge in [-0.3, -0.25) is 14.8 Å². The van der Waals surface area contributed by atoms with Crippen LogP contribution in [0.1, 0.15) is 25.3 Å². The zero-order valence-electron chi connectivity index (χ0n) is 18.9. The van der Waals surface area contributed by atoms with E-state index in [1.165, 1.54) is 0 Å². The number of hydrogen-bond acceptors (Lipinski definition) is 7. The first kappa shape index (κ1) is 21.7. The minimum Gasteiger partial charge on any atom is -0.497 e. The standard InChI is InChI=1S/C25H29N5O2/c1-4-5-9-29-10-6-7-20(17-29)28-25-23-15-26-16-24(23)27-18-30(25)11-8-19-12-21(31-2)14-22(13-19)32-3/h12-16,20,27-28H,6-7,9-10,17-18H2,1-3H3/t20-/m0/s1. The van der Waals surface area contributed by atoms with E-state index in [-0.39, 0.29) is 0 Å². The molecule has 2 N–H and O–H groups in total. The van der Waals surface area contributed by atoms with Crippen LogP contribution in [0.3, 0.4) is 0 Å². The predicted octanol–water partition coefficient (Wildman–Crippen LogP) is 2.09. The molecule has 0 bridgehead atoms. The summed E-state index contributed by atoms with van der Waals surface area (Å²) in [5.74, 6) is 11.9. The zero-order chi connectivity index (χ0) is 22.3. The summed E-state index contributed by atoms with van der Waals surface area (Å²) in [7, 11) is 3.28. The van der Waals surface area contributed by atoms with Crippen LogP contribution in [0.4, 0.5) is 0 Å². The molecule has 0 saturated carbocycles. The Morgan fingerprint density at radius 1 is 1.22 bits per heavy atom. The highest BCUT2D eigenvalue weighted by molar-refractivity contribution is 5.89. The van der Waals surface area contributed by atoms with Gasteiger partial charge in [0, 0.05) is 36.5 Å². The monoisotopic (exact) mass is 431 g/mol. The summed E-state index contributed by atoms with van der Waals surface area (Å²) in [5.41, 5.74) is 2.89. The van der Waals surface area contributed by atoms with Crippen LogP contribution in [0.15, 0.2) is 46.5 Å². The molecule has 3 aliphatic rings. The number of rotatable bonds is 5. The quantitative estimate of drug-likeness (QED) is 0.697. The predicted molar refractivity (Wildman–Crippen MR) is 126 cm³/mol. The topological polar surface area (TPSA) is 61.4 Å². The molecule has 7 nitrogen and oxygen atoms in total. The Labute approximate surface area is 190 Å². The fourth-order valence-corrected chi connectivity index (χ4v) is 4.01. The summed E-state index contributed by atoms with van der Waals surface area (Å²) in [5, 5.41) is 7.16. The van der Waals surface area contributed by atoms with Crippen molar-refractivity contribution in [3.63, 3.8) is 0 Å². The van der Waals surface area contributed by atoms with Gasteiger partial charge in [0.25, 0.3) is 0 Å². The van der Waals surface area contributed by atoms with Gasteiger partial charge in [0.1, 0.15) is 24.0 Å². The summed E-state index contributed by atoms with van der Waals surface area (Å²) >= 11 is 0. The number of nitrogens with one attached hydrogen (secondary N) is 2. The lowest BCUT2D eigenvalue weighted by Gasteiger charge is -2.37. The average Bonchev–Trinajstić information content (AvgIpc) is 3.31. The first-order chi connectivity index (χ1) is 15.7. The molecule has 0 radical (unpaired) electrons. The molecule has 0 aromatic heterocycles. The number of benzene rings is 1. The molecule has 1 fully saturated rings. The summed E-state index contributed by atoms with van der Waals surface area (Å²) in [6.45, 7) is 5.34. The van der Waals surface area contributed by atoms with Crippen molar-refractivity contribution in [3.8, 4) is 35.3 Å². The van der Waals surface area contributed by atoms with E-state index in [9.17, 15) is 0 Å². The number of piperidine rings is 1. The molecule has 4 rings (SSSR count). The molecule has 0 amide bonds. The van der Waals surface area contributed by atoms with Crippen LogP contribution < -0.4 is 20.1 Å². The second kappa shape index (κ2) is 10.2. The molecule has 0 unspecified atom stereocenters. The van der Waals surface area contributed by atoms with Gasteiger partial charge < -0.3 is 20.1 Å². The highest BCUT2D eigenvalue weighted by atomic mass is 16.5. The summed E-state index contributed by atoms with van der Waals surface area (Å²) in [4.78, 5) is 8.76. The third kappa shape index (κ3) is 5.01. The van der Waals surface area contributed by atoms with E-state index in [1.807, 2.05) is 42.4 Å². The molecule has 3 heterocycles. The number of fused-ring (bicyclic) bond motifs is 1. The number of likely N-dealkylation sites (tertiary alicyclic amines) is 1. The Bertz CT molecular complexity index is 1050. The number of nitrogens with zero attached hydrogens (tertiary/aromatic N) is 3. The van der Waals surface area contributed by atoms with E-state index in [2.05, 4.69) is 44.3 Å². The van der Waals surface area contributed by atoms with Crippen molar-refractivity contribution >= 4 is 6.21 Å². The lowest BCUT2D eigenvalue weighted by molar-refractivity contribution is 0.208.